The second-order valence-electron chi connectivity index (χ2n) is 6.44. The van der Waals surface area contributed by atoms with Crippen molar-refractivity contribution < 1.29 is 4.79 Å². The maximum atomic E-state index is 12.5. The van der Waals surface area contributed by atoms with E-state index in [-0.39, 0.29) is 16.7 Å². The van der Waals surface area contributed by atoms with Crippen LogP contribution in [0.1, 0.15) is 40.5 Å². The lowest BCUT2D eigenvalue weighted by atomic mass is 9.66. The lowest BCUT2D eigenvalue weighted by Gasteiger charge is -2.39. The minimum atomic E-state index is -0.311. The van der Waals surface area contributed by atoms with Crippen LogP contribution in [0.5, 0.6) is 0 Å². The maximum Gasteiger partial charge on any atom is 0.244 e. The summed E-state index contributed by atoms with van der Waals surface area (Å²) in [6.45, 7) is 8.72. The maximum absolute atomic E-state index is 12.5. The highest BCUT2D eigenvalue weighted by molar-refractivity contribution is 5.84. The highest BCUT2D eigenvalue weighted by Crippen LogP contribution is 2.55. The van der Waals surface area contributed by atoms with Crippen LogP contribution in [0.2, 0.25) is 0 Å². The third-order valence-electron chi connectivity index (χ3n) is 5.33. The van der Waals surface area contributed by atoms with Crippen LogP contribution in [0, 0.1) is 16.7 Å². The number of nitrogens with one attached hydrogen (secondary N) is 2. The van der Waals surface area contributed by atoms with Gasteiger partial charge in [0, 0.05) is 0 Å². The molecular formula is C16H24N2O. The Morgan fingerprint density at radius 1 is 1.21 bits per heavy atom. The van der Waals surface area contributed by atoms with E-state index in [1.165, 1.54) is 0 Å². The molecule has 0 aliphatic heterocycles. The molecule has 0 spiro atoms. The average Bonchev–Trinajstić information content (AvgIpc) is 2.62. The molecule has 1 aliphatic rings. The van der Waals surface area contributed by atoms with Gasteiger partial charge in [-0.1, -0.05) is 45.9 Å². The molecule has 104 valence electrons. The summed E-state index contributed by atoms with van der Waals surface area (Å²) in [4.78, 5) is 12.5. The zero-order valence-corrected chi connectivity index (χ0v) is 12.3. The van der Waals surface area contributed by atoms with Crippen molar-refractivity contribution in [1.29, 1.82) is 0 Å². The molecule has 2 rings (SSSR count). The molecule has 1 amide bonds. The number of para-hydroxylation sites is 1. The van der Waals surface area contributed by atoms with Crippen LogP contribution in [-0.2, 0) is 4.79 Å². The third kappa shape index (κ3) is 2.34. The molecule has 1 fully saturated rings. The van der Waals surface area contributed by atoms with Crippen LogP contribution in [0.4, 0.5) is 5.69 Å². The van der Waals surface area contributed by atoms with E-state index >= 15 is 0 Å². The number of hydrogen-bond acceptors (Lipinski definition) is 2. The summed E-state index contributed by atoms with van der Waals surface area (Å²) in [5.74, 6) is 0.658. The Morgan fingerprint density at radius 2 is 1.84 bits per heavy atom. The first-order valence-corrected chi connectivity index (χ1v) is 6.99. The number of hydrogen-bond donors (Lipinski definition) is 2. The predicted octanol–water partition coefficient (Wildman–Crippen LogP) is 3.59. The molecule has 1 saturated carbocycles. The Hall–Kier alpha value is -1.51. The highest BCUT2D eigenvalue weighted by atomic mass is 16.2. The van der Waals surface area contributed by atoms with E-state index in [1.54, 1.807) is 0 Å². The lowest BCUT2D eigenvalue weighted by molar-refractivity contribution is -0.135. The molecule has 2 atom stereocenters. The number of carbonyl (C=O) groups is 1. The highest BCUT2D eigenvalue weighted by Gasteiger charge is 2.54. The van der Waals surface area contributed by atoms with Gasteiger partial charge in [-0.05, 0) is 36.3 Å². The minimum Gasteiger partial charge on any atom is -0.299 e. The van der Waals surface area contributed by atoms with Gasteiger partial charge in [0.05, 0.1) is 11.1 Å². The van der Waals surface area contributed by atoms with E-state index < -0.39 is 0 Å². The van der Waals surface area contributed by atoms with Gasteiger partial charge in [-0.2, -0.15) is 0 Å². The second kappa shape index (κ2) is 4.87. The van der Waals surface area contributed by atoms with Gasteiger partial charge in [0.2, 0.25) is 5.91 Å². The Morgan fingerprint density at radius 3 is 2.37 bits per heavy atom. The number of hydrazine groups is 1. The summed E-state index contributed by atoms with van der Waals surface area (Å²) < 4.78 is 0. The Labute approximate surface area is 115 Å². The van der Waals surface area contributed by atoms with Crippen molar-refractivity contribution in [2.75, 3.05) is 5.43 Å². The summed E-state index contributed by atoms with van der Waals surface area (Å²) in [5, 5.41) is 0. The molecular weight excluding hydrogens is 236 g/mol. The number of rotatable bonds is 3. The first-order chi connectivity index (χ1) is 8.88. The van der Waals surface area contributed by atoms with Crippen molar-refractivity contribution in [2.24, 2.45) is 16.7 Å². The van der Waals surface area contributed by atoms with Gasteiger partial charge in [-0.25, -0.2) is 0 Å². The second-order valence-corrected chi connectivity index (χ2v) is 6.44. The van der Waals surface area contributed by atoms with Gasteiger partial charge in [0.1, 0.15) is 0 Å². The van der Waals surface area contributed by atoms with Crippen molar-refractivity contribution in [3.05, 3.63) is 30.3 Å². The third-order valence-corrected chi connectivity index (χ3v) is 5.33. The van der Waals surface area contributed by atoms with Gasteiger partial charge in [-0.3, -0.25) is 15.6 Å². The Balaban J connectivity index is 2.04. The van der Waals surface area contributed by atoms with Gasteiger partial charge in [0.25, 0.3) is 0 Å². The van der Waals surface area contributed by atoms with Crippen LogP contribution < -0.4 is 10.9 Å². The van der Waals surface area contributed by atoms with E-state index in [2.05, 4.69) is 38.5 Å². The van der Waals surface area contributed by atoms with Crippen molar-refractivity contribution in [3.8, 4) is 0 Å². The summed E-state index contributed by atoms with van der Waals surface area (Å²) in [7, 11) is 0. The normalized spacial score (nSPS) is 28.9. The number of amides is 1. The number of anilines is 1. The summed E-state index contributed by atoms with van der Waals surface area (Å²) in [5.41, 5.74) is 6.49. The molecule has 0 heterocycles. The largest absolute Gasteiger partial charge is 0.299 e. The zero-order valence-electron chi connectivity index (χ0n) is 12.3. The van der Waals surface area contributed by atoms with Crippen LogP contribution in [-0.4, -0.2) is 5.91 Å². The molecule has 3 heteroatoms. The molecule has 0 unspecified atom stereocenters. The number of carbonyl (C=O) groups excluding carboxylic acids is 1. The van der Waals surface area contributed by atoms with Gasteiger partial charge < -0.3 is 0 Å². The topological polar surface area (TPSA) is 41.1 Å². The van der Waals surface area contributed by atoms with E-state index in [0.29, 0.717) is 5.92 Å². The molecule has 2 N–H and O–H groups in total. The quantitative estimate of drug-likeness (QED) is 0.815. The first-order valence-electron chi connectivity index (χ1n) is 6.99. The molecule has 1 aliphatic carbocycles. The Kier molecular flexibility index (Phi) is 3.57. The Bertz CT molecular complexity index is 455. The average molecular weight is 260 g/mol. The van der Waals surface area contributed by atoms with Crippen molar-refractivity contribution >= 4 is 11.6 Å². The van der Waals surface area contributed by atoms with E-state index in [4.69, 9.17) is 0 Å². The molecule has 0 bridgehead atoms. The summed E-state index contributed by atoms with van der Waals surface area (Å²) >= 11 is 0. The van der Waals surface area contributed by atoms with Crippen LogP contribution in [0.25, 0.3) is 0 Å². The fraction of sp³-hybridized carbons (Fsp3) is 0.562. The van der Waals surface area contributed by atoms with Gasteiger partial charge in [-0.15, -0.1) is 0 Å². The molecule has 0 saturated heterocycles. The standard InChI is InChI=1S/C16H24N2O/c1-12-10-11-16(4,15(12,2)3)14(19)18-17-13-8-6-5-7-9-13/h5-9,12,17H,10-11H2,1-4H3,(H,18,19)/t12-,16-/m1/s1. The minimum absolute atomic E-state index is 0.0233. The van der Waals surface area contributed by atoms with Crippen molar-refractivity contribution in [2.45, 2.75) is 40.5 Å². The first kappa shape index (κ1) is 13.9. The van der Waals surface area contributed by atoms with E-state index in [1.807, 2.05) is 30.3 Å². The predicted molar refractivity (Wildman–Crippen MR) is 78.5 cm³/mol. The van der Waals surface area contributed by atoms with Gasteiger partial charge in [0.15, 0.2) is 0 Å². The molecule has 1 aromatic rings. The fourth-order valence-corrected chi connectivity index (χ4v) is 2.93. The number of benzene rings is 1. The van der Waals surface area contributed by atoms with Crippen LogP contribution in [0.3, 0.4) is 0 Å². The SMILES string of the molecule is C[C@@H]1CC[C@](C)(C(=O)NNc2ccccc2)C1(C)C. The van der Waals surface area contributed by atoms with E-state index in [9.17, 15) is 4.79 Å². The molecule has 1 aromatic carbocycles. The van der Waals surface area contributed by atoms with Crippen molar-refractivity contribution in [1.82, 2.24) is 5.43 Å². The molecule has 0 aromatic heterocycles. The summed E-state index contributed by atoms with van der Waals surface area (Å²) in [6, 6.07) is 9.71. The lowest BCUT2D eigenvalue weighted by Crippen LogP contribution is -2.48. The van der Waals surface area contributed by atoms with Gasteiger partial charge >= 0.3 is 0 Å². The van der Waals surface area contributed by atoms with Crippen LogP contribution >= 0.6 is 0 Å². The molecule has 3 nitrogen and oxygen atoms in total. The zero-order chi connectivity index (χ0) is 14.1. The monoisotopic (exact) mass is 260 g/mol. The molecule has 19 heavy (non-hydrogen) atoms. The van der Waals surface area contributed by atoms with Crippen molar-refractivity contribution in [3.63, 3.8) is 0 Å². The smallest absolute Gasteiger partial charge is 0.244 e. The van der Waals surface area contributed by atoms with Crippen LogP contribution in [0.15, 0.2) is 30.3 Å². The fourth-order valence-electron chi connectivity index (χ4n) is 2.93. The summed E-state index contributed by atoms with van der Waals surface area (Å²) in [6.07, 6.45) is 2.06. The van der Waals surface area contributed by atoms with E-state index in [0.717, 1.165) is 18.5 Å². The molecule has 0 radical (unpaired) electrons.